The summed E-state index contributed by atoms with van der Waals surface area (Å²) in [4.78, 5) is 36.8. The van der Waals surface area contributed by atoms with E-state index >= 15 is 0 Å². The molecule has 0 aromatic carbocycles. The van der Waals surface area contributed by atoms with Gasteiger partial charge >= 0.3 is 17.9 Å². The van der Waals surface area contributed by atoms with Gasteiger partial charge in [-0.3, -0.25) is 9.59 Å². The zero-order chi connectivity index (χ0) is 39.3. The Balaban J connectivity index is 4.48. The standard InChI is InChI=1S/C45H75NO7/c1-6-8-10-12-14-16-17-18-19-20-21-22-23-24-25-26-28-30-32-34-36-44(48)53-41(39-51-38-37-42(45(49)50)46(3,4)5)40-52-43(47)35-33-31-29-27-15-13-11-9-7-2/h8,10,14,16,18-19,21-22,24-25,28,30,41-42H,6-7,9,11-13,15,17,20,23,26-27,29,31-40H2,1-5H3/p+1/b10-8+,16-14+,19-18+,22-21+,25-24+,30-28+. The highest BCUT2D eigenvalue weighted by atomic mass is 16.6. The number of ether oxygens (including phenoxy) is 3. The van der Waals surface area contributed by atoms with E-state index in [0.29, 0.717) is 19.3 Å². The fourth-order valence-corrected chi connectivity index (χ4v) is 5.45. The Labute approximate surface area is 323 Å². The molecular formula is C45H76NO7+. The smallest absolute Gasteiger partial charge is 0.362 e. The van der Waals surface area contributed by atoms with Crippen LogP contribution in [0.5, 0.6) is 0 Å². The summed E-state index contributed by atoms with van der Waals surface area (Å²) in [5.74, 6) is -1.56. The van der Waals surface area contributed by atoms with Gasteiger partial charge in [0, 0.05) is 19.3 Å². The molecule has 0 saturated heterocycles. The first-order valence-corrected chi connectivity index (χ1v) is 20.5. The molecule has 0 aliphatic heterocycles. The van der Waals surface area contributed by atoms with Crippen molar-refractivity contribution in [2.45, 2.75) is 154 Å². The number of allylic oxidation sites excluding steroid dienone is 12. The molecule has 2 unspecified atom stereocenters. The van der Waals surface area contributed by atoms with Crippen molar-refractivity contribution in [3.8, 4) is 0 Å². The minimum atomic E-state index is -0.888. The van der Waals surface area contributed by atoms with Crippen LogP contribution in [0.25, 0.3) is 0 Å². The molecule has 0 bridgehead atoms. The minimum Gasteiger partial charge on any atom is -0.477 e. The van der Waals surface area contributed by atoms with Crippen molar-refractivity contribution in [2.75, 3.05) is 41.0 Å². The quantitative estimate of drug-likeness (QED) is 0.0299. The maximum atomic E-state index is 12.7. The maximum absolute atomic E-state index is 12.7. The predicted molar refractivity (Wildman–Crippen MR) is 220 cm³/mol. The van der Waals surface area contributed by atoms with Gasteiger partial charge in [0.25, 0.3) is 0 Å². The van der Waals surface area contributed by atoms with Crippen molar-refractivity contribution in [1.82, 2.24) is 0 Å². The zero-order valence-corrected chi connectivity index (χ0v) is 34.2. The number of esters is 2. The van der Waals surface area contributed by atoms with Gasteiger partial charge in [0.05, 0.1) is 34.4 Å². The number of aliphatic carboxylic acids is 1. The third-order valence-corrected chi connectivity index (χ3v) is 8.62. The Morgan fingerprint density at radius 1 is 0.585 bits per heavy atom. The lowest BCUT2D eigenvalue weighted by Gasteiger charge is -2.31. The van der Waals surface area contributed by atoms with E-state index in [1.165, 1.54) is 38.5 Å². The molecule has 0 amide bonds. The molecule has 2 atom stereocenters. The molecule has 0 spiro atoms. The molecule has 0 radical (unpaired) electrons. The van der Waals surface area contributed by atoms with E-state index in [0.717, 1.165) is 64.2 Å². The van der Waals surface area contributed by atoms with Gasteiger partial charge in [0.15, 0.2) is 12.1 Å². The highest BCUT2D eigenvalue weighted by Gasteiger charge is 2.31. The van der Waals surface area contributed by atoms with Crippen LogP contribution in [0, 0.1) is 0 Å². The van der Waals surface area contributed by atoms with Crippen molar-refractivity contribution < 1.29 is 38.2 Å². The highest BCUT2D eigenvalue weighted by molar-refractivity contribution is 5.72. The fraction of sp³-hybridized carbons (Fsp3) is 0.667. The van der Waals surface area contributed by atoms with E-state index in [1.807, 2.05) is 21.1 Å². The van der Waals surface area contributed by atoms with Gasteiger partial charge in [-0.2, -0.15) is 0 Å². The van der Waals surface area contributed by atoms with Gasteiger partial charge in [-0.1, -0.05) is 138 Å². The van der Waals surface area contributed by atoms with Gasteiger partial charge in [-0.05, 0) is 57.8 Å². The number of unbranched alkanes of at least 4 members (excludes halogenated alkanes) is 9. The lowest BCUT2D eigenvalue weighted by atomic mass is 10.1. The molecule has 0 aliphatic rings. The molecule has 8 heteroatoms. The number of rotatable bonds is 35. The third kappa shape index (κ3) is 34.3. The Kier molecular flexibility index (Phi) is 33.6. The second kappa shape index (κ2) is 35.8. The Morgan fingerprint density at radius 3 is 1.55 bits per heavy atom. The van der Waals surface area contributed by atoms with E-state index in [-0.39, 0.29) is 42.7 Å². The Hall–Kier alpha value is -3.23. The molecule has 0 saturated carbocycles. The van der Waals surface area contributed by atoms with Crippen molar-refractivity contribution in [2.24, 2.45) is 0 Å². The van der Waals surface area contributed by atoms with Gasteiger partial charge < -0.3 is 23.8 Å². The molecule has 8 nitrogen and oxygen atoms in total. The fourth-order valence-electron chi connectivity index (χ4n) is 5.45. The maximum Gasteiger partial charge on any atom is 0.362 e. The van der Waals surface area contributed by atoms with E-state index in [2.05, 4.69) is 86.8 Å². The Morgan fingerprint density at radius 2 is 1.06 bits per heavy atom. The van der Waals surface area contributed by atoms with Crippen LogP contribution >= 0.6 is 0 Å². The van der Waals surface area contributed by atoms with Crippen molar-refractivity contribution in [3.63, 3.8) is 0 Å². The van der Waals surface area contributed by atoms with Crippen LogP contribution in [0.1, 0.15) is 142 Å². The van der Waals surface area contributed by atoms with Crippen molar-refractivity contribution >= 4 is 17.9 Å². The zero-order valence-electron chi connectivity index (χ0n) is 34.2. The summed E-state index contributed by atoms with van der Waals surface area (Å²) < 4.78 is 17.1. The summed E-state index contributed by atoms with van der Waals surface area (Å²) in [6.07, 6.45) is 43.9. The number of likely N-dealkylation sites (N-methyl/N-ethyl adjacent to an activating group) is 1. The van der Waals surface area contributed by atoms with Crippen LogP contribution in [0.3, 0.4) is 0 Å². The van der Waals surface area contributed by atoms with Gasteiger partial charge in [0.1, 0.15) is 6.61 Å². The number of hydrogen-bond acceptors (Lipinski definition) is 6. The largest absolute Gasteiger partial charge is 0.477 e. The minimum absolute atomic E-state index is 0.0354. The van der Waals surface area contributed by atoms with Gasteiger partial charge in [-0.25, -0.2) is 4.79 Å². The molecule has 0 aromatic rings. The SMILES string of the molecule is CC/C=C/C/C=C/C/C=C/C/C=C/C/C=C/C/C=C/CCCC(=O)OC(COCCC(C(=O)O)[N+](C)(C)C)COC(=O)CCCCCCCCCCC. The van der Waals surface area contributed by atoms with Crippen LogP contribution in [0.4, 0.5) is 0 Å². The first kappa shape index (κ1) is 49.8. The van der Waals surface area contributed by atoms with Crippen molar-refractivity contribution in [3.05, 3.63) is 72.9 Å². The molecule has 0 fully saturated rings. The van der Waals surface area contributed by atoms with Crippen molar-refractivity contribution in [1.29, 1.82) is 0 Å². The first-order valence-electron chi connectivity index (χ1n) is 20.5. The summed E-state index contributed by atoms with van der Waals surface area (Å²) in [5, 5.41) is 9.59. The molecule has 0 rings (SSSR count). The normalized spacial score (nSPS) is 13.8. The summed E-state index contributed by atoms with van der Waals surface area (Å²) in [6.45, 7) is 4.52. The lowest BCUT2D eigenvalue weighted by Crippen LogP contribution is -2.50. The number of carbonyl (C=O) groups excluding carboxylic acids is 2. The Bertz CT molecular complexity index is 1100. The van der Waals surface area contributed by atoms with Gasteiger partial charge in [-0.15, -0.1) is 0 Å². The summed E-state index contributed by atoms with van der Waals surface area (Å²) >= 11 is 0. The van der Waals surface area contributed by atoms with Crippen LogP contribution in [0.15, 0.2) is 72.9 Å². The lowest BCUT2D eigenvalue weighted by molar-refractivity contribution is -0.887. The number of hydrogen-bond donors (Lipinski definition) is 1. The van der Waals surface area contributed by atoms with E-state index < -0.39 is 18.1 Å². The summed E-state index contributed by atoms with van der Waals surface area (Å²) in [7, 11) is 5.49. The first-order chi connectivity index (χ1) is 25.6. The van der Waals surface area contributed by atoms with Crippen LogP contribution in [-0.2, 0) is 28.6 Å². The third-order valence-electron chi connectivity index (χ3n) is 8.62. The molecule has 1 N–H and O–H groups in total. The summed E-state index contributed by atoms with van der Waals surface area (Å²) in [6, 6.07) is -0.626. The number of quaternary nitrogens is 1. The van der Waals surface area contributed by atoms with Crippen LogP contribution in [-0.4, -0.2) is 80.6 Å². The highest BCUT2D eigenvalue weighted by Crippen LogP contribution is 2.12. The second-order valence-electron chi connectivity index (χ2n) is 14.5. The van der Waals surface area contributed by atoms with E-state index in [9.17, 15) is 19.5 Å². The second-order valence-corrected chi connectivity index (χ2v) is 14.5. The van der Waals surface area contributed by atoms with Crippen LogP contribution in [0.2, 0.25) is 0 Å². The van der Waals surface area contributed by atoms with Crippen LogP contribution < -0.4 is 0 Å². The van der Waals surface area contributed by atoms with Gasteiger partial charge in [0.2, 0.25) is 0 Å². The predicted octanol–water partition coefficient (Wildman–Crippen LogP) is 10.8. The number of carboxylic acid groups (broad SMARTS) is 1. The topological polar surface area (TPSA) is 99.1 Å². The molecule has 0 aliphatic carbocycles. The molecule has 0 aromatic heterocycles. The number of carboxylic acids is 1. The average molecular weight is 743 g/mol. The number of carbonyl (C=O) groups is 3. The molecule has 302 valence electrons. The molecule has 0 heterocycles. The molecular weight excluding hydrogens is 666 g/mol. The number of nitrogens with zero attached hydrogens (tertiary/aromatic N) is 1. The summed E-state index contributed by atoms with van der Waals surface area (Å²) in [5.41, 5.74) is 0. The average Bonchev–Trinajstić information content (AvgIpc) is 3.11. The van der Waals surface area contributed by atoms with E-state index in [4.69, 9.17) is 14.2 Å². The molecule has 53 heavy (non-hydrogen) atoms. The van der Waals surface area contributed by atoms with E-state index in [1.54, 1.807) is 0 Å². The monoisotopic (exact) mass is 743 g/mol.